The molecule has 0 aliphatic carbocycles. The smallest absolute Gasteiger partial charge is 0.234 e. The van der Waals surface area contributed by atoms with Crippen molar-refractivity contribution in [1.82, 2.24) is 14.5 Å². The summed E-state index contributed by atoms with van der Waals surface area (Å²) in [6.45, 7) is 3.90. The first-order valence-corrected chi connectivity index (χ1v) is 10.8. The van der Waals surface area contributed by atoms with Crippen LogP contribution in [-0.4, -0.2) is 62.0 Å². The van der Waals surface area contributed by atoms with E-state index in [1.165, 1.54) is 16.4 Å². The van der Waals surface area contributed by atoms with Gasteiger partial charge < -0.3 is 5.32 Å². The van der Waals surface area contributed by atoms with Gasteiger partial charge >= 0.3 is 0 Å². The Morgan fingerprint density at radius 2 is 1.70 bits per heavy atom. The Morgan fingerprint density at radius 3 is 2.30 bits per heavy atom. The van der Waals surface area contributed by atoms with Gasteiger partial charge in [-0.3, -0.25) is 9.69 Å². The molecule has 27 heavy (non-hydrogen) atoms. The number of hydrogen-bond acceptors (Lipinski definition) is 4. The summed E-state index contributed by atoms with van der Waals surface area (Å²) < 4.78 is 52.3. The highest BCUT2D eigenvalue weighted by Crippen LogP contribution is 2.11. The molecule has 1 amide bonds. The summed E-state index contributed by atoms with van der Waals surface area (Å²) in [5.41, 5.74) is 0.351. The number of rotatable bonds is 9. The van der Waals surface area contributed by atoms with E-state index >= 15 is 0 Å². The predicted octanol–water partition coefficient (Wildman–Crippen LogP) is 1.72. The maximum absolute atomic E-state index is 13.1. The Hall–Kier alpha value is -1.58. The molecule has 0 spiro atoms. The molecule has 0 bridgehead atoms. The Balaban J connectivity index is 1.74. The highest BCUT2D eigenvalue weighted by molar-refractivity contribution is 7.89. The third-order valence-corrected chi connectivity index (χ3v) is 6.47. The SMILES string of the molecule is CCCCCS(=O)(=O)N1CCN(CC(=O)NCc2cc(F)cc(F)c2)CC1. The zero-order valence-electron chi connectivity index (χ0n) is 15.6. The molecular formula is C18H27F2N3O3S. The minimum absolute atomic E-state index is 0.0410. The monoisotopic (exact) mass is 403 g/mol. The molecule has 152 valence electrons. The fourth-order valence-electron chi connectivity index (χ4n) is 3.00. The predicted molar refractivity (Wildman–Crippen MR) is 99.5 cm³/mol. The number of nitrogens with zero attached hydrogens (tertiary/aromatic N) is 2. The molecule has 9 heteroatoms. The third-order valence-electron chi connectivity index (χ3n) is 4.51. The van der Waals surface area contributed by atoms with E-state index in [9.17, 15) is 22.0 Å². The summed E-state index contributed by atoms with van der Waals surface area (Å²) in [4.78, 5) is 13.9. The molecule has 1 saturated heterocycles. The maximum atomic E-state index is 13.1. The lowest BCUT2D eigenvalue weighted by molar-refractivity contribution is -0.122. The van der Waals surface area contributed by atoms with Crippen LogP contribution in [0.2, 0.25) is 0 Å². The topological polar surface area (TPSA) is 69.7 Å². The van der Waals surface area contributed by atoms with Crippen molar-refractivity contribution < 1.29 is 22.0 Å². The van der Waals surface area contributed by atoms with Crippen LogP contribution < -0.4 is 5.32 Å². The fourth-order valence-corrected chi connectivity index (χ4v) is 4.55. The van der Waals surface area contributed by atoms with E-state index in [4.69, 9.17) is 0 Å². The molecule has 0 saturated carbocycles. The number of carbonyl (C=O) groups is 1. The van der Waals surface area contributed by atoms with Crippen LogP contribution in [0.3, 0.4) is 0 Å². The summed E-state index contributed by atoms with van der Waals surface area (Å²) >= 11 is 0. The van der Waals surface area contributed by atoms with Gasteiger partial charge in [0.05, 0.1) is 12.3 Å². The zero-order chi connectivity index (χ0) is 19.9. The summed E-state index contributed by atoms with van der Waals surface area (Å²) in [5.74, 6) is -1.46. The average molecular weight is 403 g/mol. The van der Waals surface area contributed by atoms with Crippen molar-refractivity contribution in [1.29, 1.82) is 0 Å². The molecule has 2 rings (SSSR count). The standard InChI is InChI=1S/C18H27F2N3O3S/c1-2-3-4-9-27(25,26)23-7-5-22(6-8-23)14-18(24)21-13-15-10-16(19)12-17(20)11-15/h10-12H,2-9,13-14H2,1H3,(H,21,24). The van der Waals surface area contributed by atoms with Crippen molar-refractivity contribution in [3.05, 3.63) is 35.4 Å². The molecule has 1 N–H and O–H groups in total. The number of halogens is 2. The van der Waals surface area contributed by atoms with Crippen molar-refractivity contribution in [3.63, 3.8) is 0 Å². The molecule has 6 nitrogen and oxygen atoms in total. The minimum Gasteiger partial charge on any atom is -0.351 e. The molecule has 0 atom stereocenters. The van der Waals surface area contributed by atoms with Gasteiger partial charge in [0.15, 0.2) is 0 Å². The Morgan fingerprint density at radius 1 is 1.07 bits per heavy atom. The summed E-state index contributed by atoms with van der Waals surface area (Å²) in [6, 6.07) is 3.12. The van der Waals surface area contributed by atoms with Crippen LogP contribution in [0, 0.1) is 11.6 Å². The first-order valence-electron chi connectivity index (χ1n) is 9.22. The lowest BCUT2D eigenvalue weighted by Gasteiger charge is -2.33. The zero-order valence-corrected chi connectivity index (χ0v) is 16.4. The van der Waals surface area contributed by atoms with Gasteiger partial charge in [-0.1, -0.05) is 19.8 Å². The van der Waals surface area contributed by atoms with Crippen LogP contribution in [0.5, 0.6) is 0 Å². The van der Waals surface area contributed by atoms with Crippen LogP contribution in [-0.2, 0) is 21.4 Å². The molecular weight excluding hydrogens is 376 g/mol. The van der Waals surface area contributed by atoms with Crippen LogP contribution in [0.15, 0.2) is 18.2 Å². The lowest BCUT2D eigenvalue weighted by Crippen LogP contribution is -2.51. The van der Waals surface area contributed by atoms with Gasteiger partial charge in [0.2, 0.25) is 15.9 Å². The normalized spacial score (nSPS) is 16.4. The van der Waals surface area contributed by atoms with E-state index in [0.717, 1.165) is 18.9 Å². The number of amides is 1. The van der Waals surface area contributed by atoms with E-state index in [2.05, 4.69) is 5.32 Å². The average Bonchev–Trinajstić information content (AvgIpc) is 2.60. The number of piperazine rings is 1. The van der Waals surface area contributed by atoms with Crippen LogP contribution in [0.1, 0.15) is 31.7 Å². The number of benzene rings is 1. The lowest BCUT2D eigenvalue weighted by atomic mass is 10.2. The summed E-state index contributed by atoms with van der Waals surface area (Å²) in [7, 11) is -3.23. The summed E-state index contributed by atoms with van der Waals surface area (Å²) in [5, 5.41) is 2.63. The van der Waals surface area contributed by atoms with Gasteiger partial charge in [0.1, 0.15) is 11.6 Å². The third kappa shape index (κ3) is 7.15. The van der Waals surface area contributed by atoms with Gasteiger partial charge in [0, 0.05) is 38.8 Å². The quantitative estimate of drug-likeness (QED) is 0.638. The molecule has 0 radical (unpaired) electrons. The summed E-state index contributed by atoms with van der Waals surface area (Å²) in [6.07, 6.45) is 2.54. The molecule has 1 heterocycles. The highest BCUT2D eigenvalue weighted by atomic mass is 32.2. The van der Waals surface area contributed by atoms with E-state index in [0.29, 0.717) is 38.2 Å². The molecule has 0 unspecified atom stereocenters. The van der Waals surface area contributed by atoms with Crippen molar-refractivity contribution >= 4 is 15.9 Å². The van der Waals surface area contributed by atoms with Crippen LogP contribution in [0.25, 0.3) is 0 Å². The van der Waals surface area contributed by atoms with Crippen molar-refractivity contribution in [2.45, 2.75) is 32.7 Å². The molecule has 0 aromatic heterocycles. The Bertz CT molecular complexity index is 715. The second-order valence-corrected chi connectivity index (χ2v) is 8.84. The molecule has 1 aromatic carbocycles. The van der Waals surface area contributed by atoms with E-state index in [1.807, 2.05) is 11.8 Å². The van der Waals surface area contributed by atoms with Gasteiger partial charge in [0.25, 0.3) is 0 Å². The van der Waals surface area contributed by atoms with E-state index < -0.39 is 21.7 Å². The van der Waals surface area contributed by atoms with E-state index in [1.54, 1.807) is 0 Å². The van der Waals surface area contributed by atoms with Gasteiger partial charge in [-0.2, -0.15) is 4.31 Å². The minimum atomic E-state index is -3.23. The number of sulfonamides is 1. The first kappa shape index (κ1) is 21.7. The van der Waals surface area contributed by atoms with Gasteiger partial charge in [-0.15, -0.1) is 0 Å². The maximum Gasteiger partial charge on any atom is 0.234 e. The Kier molecular flexibility index (Phi) is 8.12. The van der Waals surface area contributed by atoms with Gasteiger partial charge in [-0.25, -0.2) is 17.2 Å². The highest BCUT2D eigenvalue weighted by Gasteiger charge is 2.27. The number of hydrogen-bond donors (Lipinski definition) is 1. The van der Waals surface area contributed by atoms with E-state index in [-0.39, 0.29) is 24.7 Å². The number of unbranched alkanes of at least 4 members (excludes halogenated alkanes) is 2. The second-order valence-electron chi connectivity index (χ2n) is 6.75. The van der Waals surface area contributed by atoms with Crippen molar-refractivity contribution in [2.24, 2.45) is 0 Å². The first-order chi connectivity index (χ1) is 12.8. The number of nitrogens with one attached hydrogen (secondary N) is 1. The number of carbonyl (C=O) groups excluding carboxylic acids is 1. The molecule has 1 aromatic rings. The Labute approximate surface area is 159 Å². The van der Waals surface area contributed by atoms with Crippen molar-refractivity contribution in [2.75, 3.05) is 38.5 Å². The second kappa shape index (κ2) is 10.1. The molecule has 1 aliphatic heterocycles. The van der Waals surface area contributed by atoms with Crippen LogP contribution in [0.4, 0.5) is 8.78 Å². The van der Waals surface area contributed by atoms with Crippen molar-refractivity contribution in [3.8, 4) is 0 Å². The molecule has 1 fully saturated rings. The largest absolute Gasteiger partial charge is 0.351 e. The fraction of sp³-hybridized carbons (Fsp3) is 0.611. The van der Waals surface area contributed by atoms with Crippen LogP contribution >= 0.6 is 0 Å². The molecule has 1 aliphatic rings. The van der Waals surface area contributed by atoms with Gasteiger partial charge in [-0.05, 0) is 24.1 Å².